The summed E-state index contributed by atoms with van der Waals surface area (Å²) < 4.78 is 52.5. The smallest absolute Gasteiger partial charge is 0.314 e. The number of hydrogen-bond acceptors (Lipinski definition) is 2. The van der Waals surface area contributed by atoms with Gasteiger partial charge in [0, 0.05) is 32.2 Å². The van der Waals surface area contributed by atoms with Crippen molar-refractivity contribution in [3.63, 3.8) is 0 Å². The first kappa shape index (κ1) is 17.2. The van der Waals surface area contributed by atoms with E-state index >= 15 is 0 Å². The van der Waals surface area contributed by atoms with E-state index in [1.807, 2.05) is 13.8 Å². The van der Waals surface area contributed by atoms with Gasteiger partial charge in [0.15, 0.2) is 0 Å². The molecule has 0 aliphatic carbocycles. The van der Waals surface area contributed by atoms with Crippen LogP contribution in [0.3, 0.4) is 0 Å². The summed E-state index contributed by atoms with van der Waals surface area (Å²) in [5.41, 5.74) is -0.491. The molecule has 124 valence electrons. The van der Waals surface area contributed by atoms with Crippen molar-refractivity contribution in [2.75, 3.05) is 26.2 Å². The van der Waals surface area contributed by atoms with Gasteiger partial charge in [0.05, 0.1) is 5.56 Å². The van der Waals surface area contributed by atoms with Gasteiger partial charge >= 0.3 is 6.18 Å². The number of piperazine rings is 1. The third-order valence-corrected chi connectivity index (χ3v) is 3.92. The number of rotatable bonds is 4. The molecule has 0 amide bonds. The molecule has 1 N–H and O–H groups in total. The zero-order valence-electron chi connectivity index (χ0n) is 12.9. The van der Waals surface area contributed by atoms with Crippen LogP contribution >= 0.6 is 0 Å². The number of hydrogen-bond donors (Lipinski definition) is 1. The normalized spacial score (nSPS) is 18.7. The summed E-state index contributed by atoms with van der Waals surface area (Å²) >= 11 is 0. The van der Waals surface area contributed by atoms with Crippen LogP contribution in [-0.4, -0.2) is 31.1 Å². The summed E-state index contributed by atoms with van der Waals surface area (Å²) in [5, 5.41) is 3.23. The summed E-state index contributed by atoms with van der Waals surface area (Å²) in [4.78, 5) is 2.14. The highest BCUT2D eigenvalue weighted by Crippen LogP contribution is 2.35. The van der Waals surface area contributed by atoms with Crippen LogP contribution in [0.2, 0.25) is 0 Å². The van der Waals surface area contributed by atoms with E-state index in [4.69, 9.17) is 0 Å². The van der Waals surface area contributed by atoms with Crippen LogP contribution in [-0.2, 0) is 6.18 Å². The van der Waals surface area contributed by atoms with E-state index in [0.717, 1.165) is 32.2 Å². The average Bonchev–Trinajstić information content (AvgIpc) is 2.44. The Kier molecular flexibility index (Phi) is 5.45. The fourth-order valence-corrected chi connectivity index (χ4v) is 2.90. The van der Waals surface area contributed by atoms with Crippen LogP contribution in [0.4, 0.5) is 17.6 Å². The van der Waals surface area contributed by atoms with Crippen LogP contribution in [0.25, 0.3) is 0 Å². The van der Waals surface area contributed by atoms with Crippen LogP contribution in [0.15, 0.2) is 18.2 Å². The number of nitrogens with one attached hydrogen (secondary N) is 1. The van der Waals surface area contributed by atoms with E-state index in [0.29, 0.717) is 24.0 Å². The lowest BCUT2D eigenvalue weighted by Gasteiger charge is -2.36. The fourth-order valence-electron chi connectivity index (χ4n) is 2.90. The molecule has 22 heavy (non-hydrogen) atoms. The van der Waals surface area contributed by atoms with E-state index in [9.17, 15) is 17.6 Å². The van der Waals surface area contributed by atoms with Gasteiger partial charge < -0.3 is 5.32 Å². The zero-order chi connectivity index (χ0) is 16.3. The Morgan fingerprint density at radius 2 is 1.77 bits per heavy atom. The molecule has 0 bridgehead atoms. The van der Waals surface area contributed by atoms with Gasteiger partial charge in [0.25, 0.3) is 0 Å². The predicted molar refractivity (Wildman–Crippen MR) is 78.0 cm³/mol. The molecule has 0 saturated carbocycles. The van der Waals surface area contributed by atoms with E-state index in [2.05, 4.69) is 10.2 Å². The molecule has 1 fully saturated rings. The summed E-state index contributed by atoms with van der Waals surface area (Å²) in [7, 11) is 0. The standard InChI is InChI=1S/C16H22F4N2/c1-11(2)7-15(22-5-3-21-4-6-22)12-8-13(16(18,19)20)10-14(17)9-12/h8-11,15,21H,3-7H2,1-2H3/t15-/m1/s1. The maximum atomic E-state index is 13.7. The second-order valence-corrected chi connectivity index (χ2v) is 6.20. The summed E-state index contributed by atoms with van der Waals surface area (Å²) in [5.74, 6) is -0.508. The largest absolute Gasteiger partial charge is 0.416 e. The highest BCUT2D eigenvalue weighted by molar-refractivity contribution is 5.29. The fraction of sp³-hybridized carbons (Fsp3) is 0.625. The van der Waals surface area contributed by atoms with Crippen molar-refractivity contribution in [2.45, 2.75) is 32.5 Å². The molecular formula is C16H22F4N2. The molecule has 1 atom stereocenters. The summed E-state index contributed by atoms with van der Waals surface area (Å²) in [6.07, 6.45) is -3.82. The zero-order valence-corrected chi connectivity index (χ0v) is 12.9. The Balaban J connectivity index is 2.35. The highest BCUT2D eigenvalue weighted by Gasteiger charge is 2.33. The lowest BCUT2D eigenvalue weighted by atomic mass is 9.93. The third kappa shape index (κ3) is 4.43. The Bertz CT molecular complexity index is 493. The molecule has 2 nitrogen and oxygen atoms in total. The lowest BCUT2D eigenvalue weighted by Crippen LogP contribution is -2.45. The van der Waals surface area contributed by atoms with E-state index in [-0.39, 0.29) is 6.04 Å². The second-order valence-electron chi connectivity index (χ2n) is 6.20. The van der Waals surface area contributed by atoms with E-state index in [1.54, 1.807) is 0 Å². The Labute approximate surface area is 128 Å². The average molecular weight is 318 g/mol. The first-order chi connectivity index (χ1) is 10.3. The third-order valence-electron chi connectivity index (χ3n) is 3.92. The second kappa shape index (κ2) is 6.96. The molecule has 2 rings (SSSR count). The Morgan fingerprint density at radius 3 is 2.32 bits per heavy atom. The maximum Gasteiger partial charge on any atom is 0.416 e. The van der Waals surface area contributed by atoms with Crippen molar-refractivity contribution >= 4 is 0 Å². The van der Waals surface area contributed by atoms with E-state index < -0.39 is 17.6 Å². The maximum absolute atomic E-state index is 13.7. The van der Waals surface area contributed by atoms with Gasteiger partial charge in [-0.2, -0.15) is 13.2 Å². The minimum Gasteiger partial charge on any atom is -0.314 e. The molecule has 1 aliphatic rings. The molecule has 1 heterocycles. The number of halogens is 4. The van der Waals surface area contributed by atoms with Crippen molar-refractivity contribution in [1.29, 1.82) is 0 Å². The monoisotopic (exact) mass is 318 g/mol. The molecule has 0 spiro atoms. The van der Waals surface area contributed by atoms with Crippen LogP contribution in [0.5, 0.6) is 0 Å². The van der Waals surface area contributed by atoms with Crippen LogP contribution in [0.1, 0.15) is 37.4 Å². The van der Waals surface area contributed by atoms with Gasteiger partial charge in [-0.15, -0.1) is 0 Å². The van der Waals surface area contributed by atoms with E-state index in [1.165, 1.54) is 6.07 Å². The van der Waals surface area contributed by atoms with Gasteiger partial charge in [-0.05, 0) is 36.1 Å². The Morgan fingerprint density at radius 1 is 1.14 bits per heavy atom. The summed E-state index contributed by atoms with van der Waals surface area (Å²) in [6, 6.07) is 2.72. The molecule has 1 aromatic carbocycles. The van der Waals surface area contributed by atoms with Crippen LogP contribution < -0.4 is 5.32 Å². The topological polar surface area (TPSA) is 15.3 Å². The minimum absolute atomic E-state index is 0.182. The minimum atomic E-state index is -4.53. The van der Waals surface area contributed by atoms with Crippen molar-refractivity contribution < 1.29 is 17.6 Å². The number of benzene rings is 1. The number of nitrogens with zero attached hydrogens (tertiary/aromatic N) is 1. The molecule has 1 aromatic rings. The first-order valence-corrected chi connectivity index (χ1v) is 7.60. The van der Waals surface area contributed by atoms with Gasteiger partial charge in [-0.25, -0.2) is 4.39 Å². The first-order valence-electron chi connectivity index (χ1n) is 7.60. The number of alkyl halides is 3. The molecule has 1 saturated heterocycles. The van der Waals surface area contributed by atoms with Gasteiger partial charge in [0.2, 0.25) is 0 Å². The van der Waals surface area contributed by atoms with Crippen molar-refractivity contribution in [3.05, 3.63) is 35.1 Å². The molecule has 0 aromatic heterocycles. The highest BCUT2D eigenvalue weighted by atomic mass is 19.4. The Hall–Kier alpha value is -1.14. The van der Waals surface area contributed by atoms with Crippen molar-refractivity contribution in [2.24, 2.45) is 5.92 Å². The van der Waals surface area contributed by atoms with Gasteiger partial charge in [-0.3, -0.25) is 4.90 Å². The van der Waals surface area contributed by atoms with Gasteiger partial charge in [0.1, 0.15) is 5.82 Å². The molecule has 6 heteroatoms. The quantitative estimate of drug-likeness (QED) is 0.849. The molecule has 0 radical (unpaired) electrons. The molecular weight excluding hydrogens is 296 g/mol. The molecule has 1 aliphatic heterocycles. The van der Waals surface area contributed by atoms with Crippen molar-refractivity contribution in [3.8, 4) is 0 Å². The van der Waals surface area contributed by atoms with Gasteiger partial charge in [-0.1, -0.05) is 13.8 Å². The predicted octanol–water partition coefficient (Wildman–Crippen LogP) is 3.84. The SMILES string of the molecule is CC(C)C[C@H](c1cc(F)cc(C(F)(F)F)c1)N1CCNCC1. The molecule has 0 unspecified atom stereocenters. The van der Waals surface area contributed by atoms with Crippen LogP contribution in [0, 0.1) is 11.7 Å². The van der Waals surface area contributed by atoms with Crippen molar-refractivity contribution in [1.82, 2.24) is 10.2 Å². The summed E-state index contributed by atoms with van der Waals surface area (Å²) in [6.45, 7) is 7.18. The lowest BCUT2D eigenvalue weighted by molar-refractivity contribution is -0.137.